The van der Waals surface area contributed by atoms with Crippen LogP contribution in [0, 0.1) is 0 Å². The van der Waals surface area contributed by atoms with Gasteiger partial charge in [-0.25, -0.2) is 0 Å². The van der Waals surface area contributed by atoms with Crippen molar-refractivity contribution >= 4 is 0 Å². The summed E-state index contributed by atoms with van der Waals surface area (Å²) in [5.41, 5.74) is 0.719. The lowest BCUT2D eigenvalue weighted by Gasteiger charge is -2.15. The standard InChI is InChI=1S/C13H20O4/c1-9(14)6-7-17-13-8-11(16-3)4-5-12(13)10(2)15/h4-5,8-10,14-15H,6-7H2,1-3H3/t9?,10-/m1/s1. The summed E-state index contributed by atoms with van der Waals surface area (Å²) in [6.07, 6.45) is -0.436. The summed E-state index contributed by atoms with van der Waals surface area (Å²) >= 11 is 0. The fourth-order valence-corrected chi connectivity index (χ4v) is 1.45. The van der Waals surface area contributed by atoms with Crippen molar-refractivity contribution in [2.24, 2.45) is 0 Å². The molecule has 1 unspecified atom stereocenters. The highest BCUT2D eigenvalue weighted by Gasteiger charge is 2.10. The Morgan fingerprint density at radius 1 is 1.24 bits per heavy atom. The van der Waals surface area contributed by atoms with Crippen LogP contribution < -0.4 is 9.47 Å². The van der Waals surface area contributed by atoms with Gasteiger partial charge in [0.15, 0.2) is 0 Å². The maximum absolute atomic E-state index is 9.61. The fourth-order valence-electron chi connectivity index (χ4n) is 1.45. The van der Waals surface area contributed by atoms with E-state index in [2.05, 4.69) is 0 Å². The molecule has 0 amide bonds. The third kappa shape index (κ3) is 4.24. The van der Waals surface area contributed by atoms with Crippen LogP contribution in [-0.4, -0.2) is 30.0 Å². The Balaban J connectivity index is 2.78. The van der Waals surface area contributed by atoms with Crippen LogP contribution in [0.1, 0.15) is 31.9 Å². The van der Waals surface area contributed by atoms with Crippen LogP contribution in [0.3, 0.4) is 0 Å². The van der Waals surface area contributed by atoms with Gasteiger partial charge in [-0.1, -0.05) is 0 Å². The molecule has 0 aromatic heterocycles. The van der Waals surface area contributed by atoms with Crippen LogP contribution in [0.25, 0.3) is 0 Å². The predicted molar refractivity (Wildman–Crippen MR) is 65.4 cm³/mol. The van der Waals surface area contributed by atoms with Crippen LogP contribution in [0.4, 0.5) is 0 Å². The molecule has 4 heteroatoms. The minimum Gasteiger partial charge on any atom is -0.497 e. The highest BCUT2D eigenvalue weighted by atomic mass is 16.5. The summed E-state index contributed by atoms with van der Waals surface area (Å²) in [6.45, 7) is 3.80. The molecule has 17 heavy (non-hydrogen) atoms. The Hall–Kier alpha value is -1.26. The number of aliphatic hydroxyl groups excluding tert-OH is 2. The molecule has 96 valence electrons. The molecule has 0 bridgehead atoms. The Morgan fingerprint density at radius 2 is 1.94 bits per heavy atom. The summed E-state index contributed by atoms with van der Waals surface area (Å²) in [6, 6.07) is 5.30. The van der Waals surface area contributed by atoms with Gasteiger partial charge in [0.25, 0.3) is 0 Å². The highest BCUT2D eigenvalue weighted by Crippen LogP contribution is 2.29. The number of rotatable bonds is 6. The fraction of sp³-hybridized carbons (Fsp3) is 0.538. The van der Waals surface area contributed by atoms with Gasteiger partial charge in [-0.05, 0) is 26.0 Å². The number of methoxy groups -OCH3 is 1. The summed E-state index contributed by atoms with van der Waals surface area (Å²) in [7, 11) is 1.58. The molecule has 1 aromatic carbocycles. The van der Waals surface area contributed by atoms with E-state index in [1.54, 1.807) is 39.2 Å². The first-order valence-corrected chi connectivity index (χ1v) is 5.71. The van der Waals surface area contributed by atoms with Crippen molar-refractivity contribution in [3.05, 3.63) is 23.8 Å². The maximum atomic E-state index is 9.61. The van der Waals surface area contributed by atoms with Crippen LogP contribution in [0.5, 0.6) is 11.5 Å². The van der Waals surface area contributed by atoms with Crippen LogP contribution in [0.2, 0.25) is 0 Å². The molecular weight excluding hydrogens is 220 g/mol. The predicted octanol–water partition coefficient (Wildman–Crippen LogP) is 1.90. The molecule has 0 aliphatic rings. The first kappa shape index (κ1) is 13.8. The monoisotopic (exact) mass is 240 g/mol. The van der Waals surface area contributed by atoms with E-state index in [1.165, 1.54) is 0 Å². The molecule has 4 nitrogen and oxygen atoms in total. The van der Waals surface area contributed by atoms with Crippen LogP contribution >= 0.6 is 0 Å². The summed E-state index contributed by atoms with van der Waals surface area (Å²) in [5, 5.41) is 18.8. The van der Waals surface area contributed by atoms with E-state index in [1.807, 2.05) is 0 Å². The number of hydrogen-bond donors (Lipinski definition) is 2. The van der Waals surface area contributed by atoms with Crippen molar-refractivity contribution in [3.63, 3.8) is 0 Å². The maximum Gasteiger partial charge on any atom is 0.128 e. The zero-order valence-electron chi connectivity index (χ0n) is 10.5. The Morgan fingerprint density at radius 3 is 2.47 bits per heavy atom. The second kappa shape index (κ2) is 6.47. The second-order valence-corrected chi connectivity index (χ2v) is 4.07. The molecule has 0 radical (unpaired) electrons. The normalized spacial score (nSPS) is 14.2. The zero-order chi connectivity index (χ0) is 12.8. The Bertz CT molecular complexity index is 347. The molecule has 0 fully saturated rings. The van der Waals surface area contributed by atoms with E-state index in [0.717, 1.165) is 5.56 Å². The van der Waals surface area contributed by atoms with Gasteiger partial charge in [-0.2, -0.15) is 0 Å². The molecule has 1 rings (SSSR count). The van der Waals surface area contributed by atoms with Crippen molar-refractivity contribution in [1.29, 1.82) is 0 Å². The number of benzene rings is 1. The smallest absolute Gasteiger partial charge is 0.128 e. The minimum absolute atomic E-state index is 0.393. The average Bonchev–Trinajstić information content (AvgIpc) is 2.28. The van der Waals surface area contributed by atoms with E-state index in [0.29, 0.717) is 24.5 Å². The van der Waals surface area contributed by atoms with Crippen LogP contribution in [0.15, 0.2) is 18.2 Å². The molecule has 0 saturated carbocycles. The summed E-state index contributed by atoms with van der Waals surface area (Å²) < 4.78 is 10.7. The van der Waals surface area contributed by atoms with Gasteiger partial charge in [-0.3, -0.25) is 0 Å². The van der Waals surface area contributed by atoms with Gasteiger partial charge < -0.3 is 19.7 Å². The van der Waals surface area contributed by atoms with Crippen molar-refractivity contribution in [2.75, 3.05) is 13.7 Å². The molecule has 2 atom stereocenters. The Kier molecular flexibility index (Phi) is 5.25. The van der Waals surface area contributed by atoms with Crippen molar-refractivity contribution in [1.82, 2.24) is 0 Å². The molecule has 0 heterocycles. The van der Waals surface area contributed by atoms with Crippen molar-refractivity contribution in [3.8, 4) is 11.5 Å². The lowest BCUT2D eigenvalue weighted by molar-refractivity contribution is 0.151. The van der Waals surface area contributed by atoms with E-state index >= 15 is 0 Å². The van der Waals surface area contributed by atoms with Crippen molar-refractivity contribution in [2.45, 2.75) is 32.5 Å². The third-order valence-corrected chi connectivity index (χ3v) is 2.46. The molecule has 0 aliphatic carbocycles. The molecule has 2 N–H and O–H groups in total. The van der Waals surface area contributed by atoms with E-state index in [4.69, 9.17) is 14.6 Å². The second-order valence-electron chi connectivity index (χ2n) is 4.07. The first-order chi connectivity index (χ1) is 8.04. The highest BCUT2D eigenvalue weighted by molar-refractivity contribution is 5.41. The Labute approximate surface area is 102 Å². The molecular formula is C13H20O4. The van der Waals surface area contributed by atoms with Gasteiger partial charge >= 0.3 is 0 Å². The lowest BCUT2D eigenvalue weighted by atomic mass is 10.1. The van der Waals surface area contributed by atoms with Crippen LogP contribution in [-0.2, 0) is 0 Å². The van der Waals surface area contributed by atoms with Gasteiger partial charge in [0, 0.05) is 18.1 Å². The quantitative estimate of drug-likeness (QED) is 0.797. The van der Waals surface area contributed by atoms with E-state index in [-0.39, 0.29) is 0 Å². The molecule has 1 aromatic rings. The zero-order valence-corrected chi connectivity index (χ0v) is 10.5. The largest absolute Gasteiger partial charge is 0.497 e. The van der Waals surface area contributed by atoms with Gasteiger partial charge in [0.05, 0.1) is 25.9 Å². The topological polar surface area (TPSA) is 58.9 Å². The molecule has 0 spiro atoms. The summed E-state index contributed by atoms with van der Waals surface area (Å²) in [4.78, 5) is 0. The van der Waals surface area contributed by atoms with Gasteiger partial charge in [0.1, 0.15) is 11.5 Å². The number of hydrogen-bond acceptors (Lipinski definition) is 4. The number of aliphatic hydroxyl groups is 2. The number of ether oxygens (including phenoxy) is 2. The van der Waals surface area contributed by atoms with E-state index < -0.39 is 12.2 Å². The minimum atomic E-state index is -0.595. The van der Waals surface area contributed by atoms with E-state index in [9.17, 15) is 5.11 Å². The SMILES string of the molecule is COc1ccc([C@@H](C)O)c(OCCC(C)O)c1. The van der Waals surface area contributed by atoms with Gasteiger partial charge in [-0.15, -0.1) is 0 Å². The first-order valence-electron chi connectivity index (χ1n) is 5.71. The average molecular weight is 240 g/mol. The van der Waals surface area contributed by atoms with Crippen molar-refractivity contribution < 1.29 is 19.7 Å². The third-order valence-electron chi connectivity index (χ3n) is 2.46. The summed E-state index contributed by atoms with van der Waals surface area (Å²) in [5.74, 6) is 1.28. The van der Waals surface area contributed by atoms with Gasteiger partial charge in [0.2, 0.25) is 0 Å². The lowest BCUT2D eigenvalue weighted by Crippen LogP contribution is -2.09. The molecule has 0 aliphatic heterocycles. The molecule has 0 saturated heterocycles.